The molecule has 248 valence electrons. The second-order valence-electron chi connectivity index (χ2n) is 13.9. The number of nitrogens with zero attached hydrogens (tertiary/aromatic N) is 8. The summed E-state index contributed by atoms with van der Waals surface area (Å²) in [5.74, 6) is 0.755. The van der Waals surface area contributed by atoms with Crippen LogP contribution in [0.1, 0.15) is 29.7 Å². The number of amides is 1. The number of anilines is 2. The highest BCUT2D eigenvalue weighted by Gasteiger charge is 2.44. The van der Waals surface area contributed by atoms with E-state index in [0.29, 0.717) is 38.8 Å². The molecule has 1 aromatic heterocycles. The third-order valence-electron chi connectivity index (χ3n) is 10.00. The molecule has 3 heterocycles. The summed E-state index contributed by atoms with van der Waals surface area (Å²) in [6, 6.07) is 13.2. The molecule has 2 aliphatic heterocycles. The van der Waals surface area contributed by atoms with Gasteiger partial charge < -0.3 is 34.1 Å². The minimum atomic E-state index is -0.229. The standard InChI is InChI=1S/C37H48N8O2/c1-7-33(46)45-21-20-44(23-29(45)22-38-3)35-30-14-17-43(32-13-9-12-28-11-8-10-27(2)34(28)32)24-31(30)39-36(40-35)47-26-37(15-16-37)25-42(6)19-18-41(4)5/h7-13,29H,1,14-26H2,2,4-6H3. The van der Waals surface area contributed by atoms with E-state index >= 15 is 0 Å². The van der Waals surface area contributed by atoms with Gasteiger partial charge in [-0.3, -0.25) is 4.79 Å². The second kappa shape index (κ2) is 13.9. The molecule has 10 heteroatoms. The van der Waals surface area contributed by atoms with Gasteiger partial charge in [0.1, 0.15) is 11.9 Å². The minimum absolute atomic E-state index is 0.127. The minimum Gasteiger partial charge on any atom is -0.463 e. The van der Waals surface area contributed by atoms with Crippen LogP contribution in [0.5, 0.6) is 6.01 Å². The van der Waals surface area contributed by atoms with E-state index in [1.807, 2.05) is 0 Å². The Morgan fingerprint density at radius 1 is 1.11 bits per heavy atom. The number of aryl methyl sites for hydroxylation is 1. The maximum atomic E-state index is 12.6. The topological polar surface area (TPSA) is 72.6 Å². The average Bonchev–Trinajstić information content (AvgIpc) is 3.84. The van der Waals surface area contributed by atoms with Gasteiger partial charge >= 0.3 is 6.01 Å². The molecule has 10 nitrogen and oxygen atoms in total. The Morgan fingerprint density at radius 3 is 2.62 bits per heavy atom. The predicted octanol–water partition coefficient (Wildman–Crippen LogP) is 4.28. The van der Waals surface area contributed by atoms with E-state index in [0.717, 1.165) is 62.5 Å². The van der Waals surface area contributed by atoms with Crippen LogP contribution in [-0.2, 0) is 17.8 Å². The van der Waals surface area contributed by atoms with Crippen LogP contribution in [0.4, 0.5) is 11.5 Å². The third kappa shape index (κ3) is 7.21. The lowest BCUT2D eigenvalue weighted by Crippen LogP contribution is -2.56. The molecule has 1 amide bonds. The fourth-order valence-corrected chi connectivity index (χ4v) is 7.17. The number of piperazine rings is 1. The summed E-state index contributed by atoms with van der Waals surface area (Å²) in [6.07, 6.45) is 4.43. The van der Waals surface area contributed by atoms with Crippen LogP contribution in [0.25, 0.3) is 15.6 Å². The van der Waals surface area contributed by atoms with Crippen LogP contribution >= 0.6 is 0 Å². The highest BCUT2D eigenvalue weighted by Crippen LogP contribution is 2.46. The van der Waals surface area contributed by atoms with Gasteiger partial charge in [-0.1, -0.05) is 36.9 Å². The first-order valence-electron chi connectivity index (χ1n) is 16.8. The molecule has 1 saturated heterocycles. The van der Waals surface area contributed by atoms with Crippen LogP contribution in [-0.4, -0.2) is 117 Å². The molecular weight excluding hydrogens is 588 g/mol. The van der Waals surface area contributed by atoms with Crippen molar-refractivity contribution in [1.82, 2.24) is 24.7 Å². The van der Waals surface area contributed by atoms with E-state index < -0.39 is 0 Å². The zero-order valence-corrected chi connectivity index (χ0v) is 28.4. The average molecular weight is 637 g/mol. The molecule has 3 aliphatic rings. The largest absolute Gasteiger partial charge is 0.463 e. The molecule has 1 saturated carbocycles. The van der Waals surface area contributed by atoms with Gasteiger partial charge in [-0.15, -0.1) is 0 Å². The molecule has 0 spiro atoms. The number of fused-ring (bicyclic) bond motifs is 2. The number of aromatic nitrogens is 2. The van der Waals surface area contributed by atoms with Crippen molar-refractivity contribution in [3.63, 3.8) is 0 Å². The van der Waals surface area contributed by atoms with Crippen LogP contribution < -0.4 is 14.5 Å². The van der Waals surface area contributed by atoms with Crippen molar-refractivity contribution in [3.05, 3.63) is 77.3 Å². The fourth-order valence-electron chi connectivity index (χ4n) is 7.17. The van der Waals surface area contributed by atoms with Gasteiger partial charge in [-0.05, 0) is 70.4 Å². The summed E-state index contributed by atoms with van der Waals surface area (Å²) in [5.41, 5.74) is 4.74. The van der Waals surface area contributed by atoms with Gasteiger partial charge in [-0.25, -0.2) is 6.57 Å². The van der Waals surface area contributed by atoms with Gasteiger partial charge in [0.25, 0.3) is 0 Å². The Bertz CT molecular complexity index is 1660. The summed E-state index contributed by atoms with van der Waals surface area (Å²) in [5, 5.41) is 2.52. The Hall–Kier alpha value is -4.20. The van der Waals surface area contributed by atoms with Crippen molar-refractivity contribution in [2.24, 2.45) is 5.41 Å². The molecule has 3 aromatic rings. The zero-order valence-electron chi connectivity index (χ0n) is 28.4. The highest BCUT2D eigenvalue weighted by molar-refractivity contribution is 5.97. The molecule has 1 atom stereocenters. The van der Waals surface area contributed by atoms with E-state index in [-0.39, 0.29) is 23.9 Å². The lowest BCUT2D eigenvalue weighted by molar-refractivity contribution is -0.128. The first kappa shape index (κ1) is 32.7. The van der Waals surface area contributed by atoms with Crippen LogP contribution in [0.2, 0.25) is 0 Å². The molecule has 1 aliphatic carbocycles. The van der Waals surface area contributed by atoms with Gasteiger partial charge in [0.05, 0.1) is 18.8 Å². The molecule has 1 unspecified atom stereocenters. The Balaban J connectivity index is 1.29. The van der Waals surface area contributed by atoms with Crippen LogP contribution in [0, 0.1) is 18.9 Å². The van der Waals surface area contributed by atoms with Gasteiger partial charge in [-0.2, -0.15) is 9.97 Å². The van der Waals surface area contributed by atoms with Crippen molar-refractivity contribution in [3.8, 4) is 6.01 Å². The van der Waals surface area contributed by atoms with E-state index in [4.69, 9.17) is 21.3 Å². The SMILES string of the molecule is [C-]#[N+]CC1CN(c2nc(OCC3(CN(C)CCN(C)C)CC3)nc3c2CCN(c2cccc4cccc(C)c24)C3)CCN1C(=O)C=C. The predicted molar refractivity (Wildman–Crippen MR) is 188 cm³/mol. The number of likely N-dealkylation sites (N-methyl/N-ethyl adjacent to an activating group) is 2. The van der Waals surface area contributed by atoms with E-state index in [2.05, 4.69) is 95.5 Å². The number of rotatable bonds is 12. The normalized spacial score (nSPS) is 18.7. The molecule has 0 bridgehead atoms. The molecular formula is C37H48N8O2. The molecule has 0 N–H and O–H groups in total. The fraction of sp³-hybridized carbons (Fsp3) is 0.514. The lowest BCUT2D eigenvalue weighted by atomic mass is 9.99. The summed E-state index contributed by atoms with van der Waals surface area (Å²) in [4.78, 5) is 37.5. The first-order valence-corrected chi connectivity index (χ1v) is 16.8. The van der Waals surface area contributed by atoms with Crippen molar-refractivity contribution < 1.29 is 9.53 Å². The van der Waals surface area contributed by atoms with E-state index in [1.54, 1.807) is 4.90 Å². The number of hydrogen-bond donors (Lipinski definition) is 0. The van der Waals surface area contributed by atoms with Crippen molar-refractivity contribution in [1.29, 1.82) is 0 Å². The Labute approximate surface area is 279 Å². The number of ether oxygens (including phenoxy) is 1. The van der Waals surface area contributed by atoms with Gasteiger partial charge in [0.15, 0.2) is 0 Å². The zero-order chi connectivity index (χ0) is 33.1. The Kier molecular flexibility index (Phi) is 9.67. The maximum Gasteiger partial charge on any atom is 0.318 e. The number of carbonyl (C=O) groups is 1. The van der Waals surface area contributed by atoms with Gasteiger partial charge in [0.2, 0.25) is 12.5 Å². The second-order valence-corrected chi connectivity index (χ2v) is 13.9. The monoisotopic (exact) mass is 636 g/mol. The third-order valence-corrected chi connectivity index (χ3v) is 10.00. The molecule has 2 aromatic carbocycles. The molecule has 6 rings (SSSR count). The summed E-state index contributed by atoms with van der Waals surface area (Å²) >= 11 is 0. The quantitative estimate of drug-likeness (QED) is 0.216. The number of hydrogen-bond acceptors (Lipinski definition) is 8. The smallest absolute Gasteiger partial charge is 0.318 e. The van der Waals surface area contributed by atoms with Crippen molar-refractivity contribution in [2.75, 3.05) is 89.9 Å². The van der Waals surface area contributed by atoms with Crippen LogP contribution in [0.3, 0.4) is 0 Å². The lowest BCUT2D eigenvalue weighted by Gasteiger charge is -2.41. The van der Waals surface area contributed by atoms with Gasteiger partial charge in [0, 0.05) is 67.9 Å². The molecule has 2 fully saturated rings. The highest BCUT2D eigenvalue weighted by atomic mass is 16.5. The van der Waals surface area contributed by atoms with E-state index in [9.17, 15) is 4.79 Å². The van der Waals surface area contributed by atoms with Crippen LogP contribution in [0.15, 0.2) is 49.1 Å². The summed E-state index contributed by atoms with van der Waals surface area (Å²) in [7, 11) is 6.41. The Morgan fingerprint density at radius 2 is 1.89 bits per heavy atom. The van der Waals surface area contributed by atoms with Crippen molar-refractivity contribution >= 4 is 28.2 Å². The van der Waals surface area contributed by atoms with E-state index in [1.165, 1.54) is 28.1 Å². The number of carbonyl (C=O) groups excluding carboxylic acids is 1. The maximum absolute atomic E-state index is 12.6. The first-order chi connectivity index (χ1) is 22.7. The van der Waals surface area contributed by atoms with Crippen molar-refractivity contribution in [2.45, 2.75) is 38.8 Å². The summed E-state index contributed by atoms with van der Waals surface area (Å²) < 4.78 is 6.51. The molecule has 0 radical (unpaired) electrons. The number of benzene rings is 2. The summed E-state index contributed by atoms with van der Waals surface area (Å²) in [6.45, 7) is 20.5. The molecule has 47 heavy (non-hydrogen) atoms.